The fourth-order valence-electron chi connectivity index (χ4n) is 1.66. The Balaban J connectivity index is 3.01. The van der Waals surface area contributed by atoms with Gasteiger partial charge in [0.15, 0.2) is 20.4 Å². The number of H-pyrrole nitrogens is 1. The largest absolute Gasteiger partial charge is 0.419 e. The first-order valence-electron chi connectivity index (χ1n) is 5.19. The third kappa shape index (κ3) is 2.50. The van der Waals surface area contributed by atoms with E-state index in [4.69, 9.17) is 0 Å². The maximum Gasteiger partial charge on any atom is 0.419 e. The number of nitrogens with zero attached hydrogens (tertiary/aromatic N) is 2. The second-order valence-corrected chi connectivity index (χ2v) is 6.06. The minimum absolute atomic E-state index is 0.101. The predicted octanol–water partition coefficient (Wildman–Crippen LogP) is 1.05. The molecule has 2 rings (SSSR count). The minimum atomic E-state index is -4.92. The zero-order chi connectivity index (χ0) is 15.3. The molecule has 6 nitrogen and oxygen atoms in total. The Hall–Kier alpha value is -1.97. The normalized spacial score (nSPS) is 12.8. The molecule has 10 heteroatoms. The average molecular weight is 307 g/mol. The van der Waals surface area contributed by atoms with Crippen LogP contribution in [0.25, 0.3) is 11.0 Å². The van der Waals surface area contributed by atoms with Gasteiger partial charge in [-0.15, -0.1) is 0 Å². The van der Waals surface area contributed by atoms with Crippen LogP contribution >= 0.6 is 0 Å². The highest BCUT2D eigenvalue weighted by Crippen LogP contribution is 2.34. The standard InChI is InChI=1S/C10H8F3N3O3S/c1-4-14-6-3-5(10(11,12)13)9(20(2,18)19)16-7(6)8(17)15-4/h3H,1-2H3,(H,14,15,17). The molecular weight excluding hydrogens is 299 g/mol. The quantitative estimate of drug-likeness (QED) is 0.850. The summed E-state index contributed by atoms with van der Waals surface area (Å²) in [5.41, 5.74) is -3.01. The summed E-state index contributed by atoms with van der Waals surface area (Å²) in [6.45, 7) is 1.39. The van der Waals surface area contributed by atoms with Gasteiger partial charge in [0.1, 0.15) is 5.82 Å². The van der Waals surface area contributed by atoms with Gasteiger partial charge in [0.05, 0.1) is 11.1 Å². The lowest BCUT2D eigenvalue weighted by Crippen LogP contribution is -2.18. The Morgan fingerprint density at radius 2 is 1.85 bits per heavy atom. The summed E-state index contributed by atoms with van der Waals surface area (Å²) < 4.78 is 61.5. The Labute approximate surface area is 110 Å². The number of pyridine rings is 1. The van der Waals surface area contributed by atoms with Crippen molar-refractivity contribution < 1.29 is 21.6 Å². The van der Waals surface area contributed by atoms with E-state index in [0.29, 0.717) is 12.3 Å². The second-order valence-electron chi connectivity index (χ2n) is 4.13. The zero-order valence-corrected chi connectivity index (χ0v) is 11.1. The first-order valence-corrected chi connectivity index (χ1v) is 7.08. The summed E-state index contributed by atoms with van der Waals surface area (Å²) in [7, 11) is -4.25. The number of hydrogen-bond acceptors (Lipinski definition) is 5. The first kappa shape index (κ1) is 14.4. The number of fused-ring (bicyclic) bond motifs is 1. The van der Waals surface area contributed by atoms with Crippen LogP contribution in [-0.2, 0) is 16.0 Å². The maximum absolute atomic E-state index is 12.9. The van der Waals surface area contributed by atoms with Gasteiger partial charge >= 0.3 is 6.18 Å². The van der Waals surface area contributed by atoms with E-state index in [1.807, 2.05) is 0 Å². The third-order valence-corrected chi connectivity index (χ3v) is 3.44. The lowest BCUT2D eigenvalue weighted by atomic mass is 10.2. The minimum Gasteiger partial charge on any atom is -0.309 e. The number of alkyl halides is 3. The Morgan fingerprint density at radius 3 is 2.35 bits per heavy atom. The van der Waals surface area contributed by atoms with Crippen molar-refractivity contribution in [2.24, 2.45) is 0 Å². The molecule has 0 saturated carbocycles. The molecule has 0 bridgehead atoms. The summed E-state index contributed by atoms with van der Waals surface area (Å²) in [5.74, 6) is 0.101. The van der Waals surface area contributed by atoms with Crippen LogP contribution in [-0.4, -0.2) is 29.6 Å². The molecule has 2 aromatic heterocycles. The van der Waals surface area contributed by atoms with Gasteiger partial charge in [-0.3, -0.25) is 4.79 Å². The highest BCUT2D eigenvalue weighted by atomic mass is 32.2. The number of sulfone groups is 1. The van der Waals surface area contributed by atoms with Crippen LogP contribution in [0, 0.1) is 6.92 Å². The molecule has 1 N–H and O–H groups in total. The van der Waals surface area contributed by atoms with Gasteiger partial charge in [-0.1, -0.05) is 0 Å². The topological polar surface area (TPSA) is 92.8 Å². The molecule has 0 aromatic carbocycles. The third-order valence-electron chi connectivity index (χ3n) is 2.42. The van der Waals surface area contributed by atoms with Crippen molar-refractivity contribution in [2.45, 2.75) is 18.1 Å². The second kappa shape index (κ2) is 4.27. The molecule has 2 heterocycles. The molecule has 0 aliphatic carbocycles. The lowest BCUT2D eigenvalue weighted by molar-refractivity contribution is -0.140. The van der Waals surface area contributed by atoms with Crippen LogP contribution < -0.4 is 5.56 Å². The SMILES string of the molecule is Cc1nc2cc(C(F)(F)F)c(S(C)(=O)=O)nc2c(=O)[nH]1. The van der Waals surface area contributed by atoms with Gasteiger partial charge < -0.3 is 4.98 Å². The molecule has 108 valence electrons. The highest BCUT2D eigenvalue weighted by Gasteiger charge is 2.38. The van der Waals surface area contributed by atoms with Crippen molar-refractivity contribution in [2.75, 3.05) is 6.26 Å². The van der Waals surface area contributed by atoms with E-state index in [2.05, 4.69) is 15.0 Å². The van der Waals surface area contributed by atoms with Gasteiger partial charge in [0, 0.05) is 6.26 Å². The zero-order valence-electron chi connectivity index (χ0n) is 10.2. The fourth-order valence-corrected chi connectivity index (χ4v) is 2.49. The van der Waals surface area contributed by atoms with E-state index in [9.17, 15) is 26.4 Å². The first-order chi connectivity index (χ1) is 9.00. The summed E-state index contributed by atoms with van der Waals surface area (Å²) in [5, 5.41) is -1.19. The molecule has 0 spiro atoms. The molecule has 0 saturated heterocycles. The van der Waals surface area contributed by atoms with E-state index in [1.165, 1.54) is 6.92 Å². The van der Waals surface area contributed by atoms with Gasteiger partial charge in [-0.05, 0) is 13.0 Å². The molecule has 0 radical (unpaired) electrons. The molecule has 0 aliphatic rings. The summed E-state index contributed by atoms with van der Waals surface area (Å²) in [6.07, 6.45) is -4.33. The van der Waals surface area contributed by atoms with E-state index < -0.39 is 37.7 Å². The highest BCUT2D eigenvalue weighted by molar-refractivity contribution is 7.90. The summed E-state index contributed by atoms with van der Waals surface area (Å²) in [4.78, 5) is 20.9. The van der Waals surface area contributed by atoms with Crippen molar-refractivity contribution in [3.63, 3.8) is 0 Å². The Kier molecular flexibility index (Phi) is 3.08. The van der Waals surface area contributed by atoms with Gasteiger partial charge in [-0.25, -0.2) is 18.4 Å². The number of aryl methyl sites for hydroxylation is 1. The number of nitrogens with one attached hydrogen (secondary N) is 1. The number of aromatic amines is 1. The number of halogens is 3. The average Bonchev–Trinajstić information content (AvgIpc) is 2.24. The molecule has 0 unspecified atom stereocenters. The molecule has 2 aromatic rings. The van der Waals surface area contributed by atoms with Crippen molar-refractivity contribution >= 4 is 20.9 Å². The molecule has 0 amide bonds. The fraction of sp³-hybridized carbons (Fsp3) is 0.300. The lowest BCUT2D eigenvalue weighted by Gasteiger charge is -2.11. The summed E-state index contributed by atoms with van der Waals surface area (Å²) in [6, 6.07) is 0.515. The maximum atomic E-state index is 12.9. The van der Waals surface area contributed by atoms with Crippen LogP contribution in [0.5, 0.6) is 0 Å². The smallest absolute Gasteiger partial charge is 0.309 e. The number of aromatic nitrogens is 3. The van der Waals surface area contributed by atoms with E-state index in [0.717, 1.165) is 0 Å². The van der Waals surface area contributed by atoms with Crippen LogP contribution in [0.1, 0.15) is 11.4 Å². The van der Waals surface area contributed by atoms with Gasteiger partial charge in [0.2, 0.25) is 0 Å². The molecule has 0 atom stereocenters. The molecule has 0 aliphatic heterocycles. The number of hydrogen-bond donors (Lipinski definition) is 1. The van der Waals surface area contributed by atoms with Gasteiger partial charge in [-0.2, -0.15) is 13.2 Å². The molecular formula is C10H8F3N3O3S. The van der Waals surface area contributed by atoms with Gasteiger partial charge in [0.25, 0.3) is 5.56 Å². The van der Waals surface area contributed by atoms with E-state index >= 15 is 0 Å². The monoisotopic (exact) mass is 307 g/mol. The number of rotatable bonds is 1. The van der Waals surface area contributed by atoms with Crippen molar-refractivity contribution in [1.82, 2.24) is 15.0 Å². The molecule has 20 heavy (non-hydrogen) atoms. The van der Waals surface area contributed by atoms with Crippen LogP contribution in [0.4, 0.5) is 13.2 Å². The van der Waals surface area contributed by atoms with Crippen molar-refractivity contribution in [3.8, 4) is 0 Å². The van der Waals surface area contributed by atoms with Crippen molar-refractivity contribution in [3.05, 3.63) is 27.8 Å². The van der Waals surface area contributed by atoms with Crippen LogP contribution in [0.3, 0.4) is 0 Å². The van der Waals surface area contributed by atoms with E-state index in [1.54, 1.807) is 0 Å². The predicted molar refractivity (Wildman–Crippen MR) is 63.0 cm³/mol. The summed E-state index contributed by atoms with van der Waals surface area (Å²) >= 11 is 0. The van der Waals surface area contributed by atoms with Crippen LogP contribution in [0.2, 0.25) is 0 Å². The van der Waals surface area contributed by atoms with E-state index in [-0.39, 0.29) is 11.3 Å². The van der Waals surface area contributed by atoms with Crippen LogP contribution in [0.15, 0.2) is 15.9 Å². The molecule has 0 fully saturated rings. The van der Waals surface area contributed by atoms with Crippen molar-refractivity contribution in [1.29, 1.82) is 0 Å². The Morgan fingerprint density at radius 1 is 1.25 bits per heavy atom. The Bertz CT molecular complexity index is 856.